The molecular formula is C20H28N2O4. The van der Waals surface area contributed by atoms with E-state index in [2.05, 4.69) is 17.4 Å². The summed E-state index contributed by atoms with van der Waals surface area (Å²) in [5.74, 6) is -0.0862. The van der Waals surface area contributed by atoms with Crippen molar-refractivity contribution in [3.8, 4) is 0 Å². The highest BCUT2D eigenvalue weighted by atomic mass is 16.5. The molecule has 1 aromatic carbocycles. The van der Waals surface area contributed by atoms with Gasteiger partial charge in [-0.15, -0.1) is 0 Å². The van der Waals surface area contributed by atoms with E-state index < -0.39 is 12.1 Å². The first-order valence-electron chi connectivity index (χ1n) is 9.42. The van der Waals surface area contributed by atoms with Gasteiger partial charge in [-0.2, -0.15) is 0 Å². The Morgan fingerprint density at radius 1 is 1.23 bits per heavy atom. The number of carbonyl (C=O) groups is 2. The number of piperidine rings is 1. The molecular weight excluding hydrogens is 332 g/mol. The molecule has 2 aliphatic rings. The maximum atomic E-state index is 12.9. The van der Waals surface area contributed by atoms with E-state index in [0.717, 1.165) is 25.7 Å². The first-order valence-corrected chi connectivity index (χ1v) is 9.42. The SMILES string of the molecule is COC(=O)N1CCCC[C@H]1C(=O)NCC1(c2ccccc2)CCOCC1. The van der Waals surface area contributed by atoms with Crippen molar-refractivity contribution in [2.75, 3.05) is 33.4 Å². The van der Waals surface area contributed by atoms with Gasteiger partial charge >= 0.3 is 6.09 Å². The van der Waals surface area contributed by atoms with Crippen molar-refractivity contribution in [1.82, 2.24) is 10.2 Å². The average Bonchev–Trinajstić information content (AvgIpc) is 2.72. The summed E-state index contributed by atoms with van der Waals surface area (Å²) >= 11 is 0. The second-order valence-corrected chi connectivity index (χ2v) is 7.15. The quantitative estimate of drug-likeness (QED) is 0.896. The van der Waals surface area contributed by atoms with Crippen LogP contribution in [-0.4, -0.2) is 56.4 Å². The lowest BCUT2D eigenvalue weighted by Gasteiger charge is -2.39. The Kier molecular flexibility index (Phi) is 6.14. The highest BCUT2D eigenvalue weighted by Gasteiger charge is 2.37. The molecule has 0 spiro atoms. The Hall–Kier alpha value is -2.08. The molecule has 1 aromatic rings. The van der Waals surface area contributed by atoms with Crippen molar-refractivity contribution < 1.29 is 19.1 Å². The summed E-state index contributed by atoms with van der Waals surface area (Å²) in [4.78, 5) is 26.4. The summed E-state index contributed by atoms with van der Waals surface area (Å²) < 4.78 is 10.4. The van der Waals surface area contributed by atoms with Crippen LogP contribution in [0.15, 0.2) is 30.3 Å². The maximum Gasteiger partial charge on any atom is 0.410 e. The van der Waals surface area contributed by atoms with Crippen LogP contribution in [0.1, 0.15) is 37.7 Å². The highest BCUT2D eigenvalue weighted by molar-refractivity contribution is 5.85. The Labute approximate surface area is 154 Å². The van der Waals surface area contributed by atoms with E-state index in [1.54, 1.807) is 4.90 Å². The molecule has 2 fully saturated rings. The van der Waals surface area contributed by atoms with Gasteiger partial charge in [0.25, 0.3) is 0 Å². The third kappa shape index (κ3) is 4.01. The molecule has 1 atom stereocenters. The third-order valence-corrected chi connectivity index (χ3v) is 5.65. The molecule has 0 unspecified atom stereocenters. The van der Waals surface area contributed by atoms with Crippen molar-refractivity contribution >= 4 is 12.0 Å². The molecule has 2 aliphatic heterocycles. The van der Waals surface area contributed by atoms with Gasteiger partial charge in [-0.25, -0.2) is 4.79 Å². The van der Waals surface area contributed by atoms with Gasteiger partial charge in [0.15, 0.2) is 0 Å². The smallest absolute Gasteiger partial charge is 0.410 e. The molecule has 26 heavy (non-hydrogen) atoms. The molecule has 0 radical (unpaired) electrons. The Morgan fingerprint density at radius 2 is 1.96 bits per heavy atom. The van der Waals surface area contributed by atoms with Crippen molar-refractivity contribution in [3.63, 3.8) is 0 Å². The molecule has 3 rings (SSSR count). The van der Waals surface area contributed by atoms with Gasteiger partial charge in [0.05, 0.1) is 7.11 Å². The number of benzene rings is 1. The maximum absolute atomic E-state index is 12.9. The monoisotopic (exact) mass is 360 g/mol. The van der Waals surface area contributed by atoms with E-state index in [-0.39, 0.29) is 11.3 Å². The molecule has 1 N–H and O–H groups in total. The zero-order chi connectivity index (χ0) is 18.4. The highest BCUT2D eigenvalue weighted by Crippen LogP contribution is 2.34. The predicted molar refractivity (Wildman–Crippen MR) is 97.9 cm³/mol. The zero-order valence-corrected chi connectivity index (χ0v) is 15.4. The molecule has 6 nitrogen and oxygen atoms in total. The summed E-state index contributed by atoms with van der Waals surface area (Å²) in [6, 6.07) is 9.88. The first kappa shape index (κ1) is 18.7. The minimum Gasteiger partial charge on any atom is -0.453 e. The summed E-state index contributed by atoms with van der Waals surface area (Å²) in [6.45, 7) is 2.53. The first-order chi connectivity index (χ1) is 12.7. The Morgan fingerprint density at radius 3 is 2.65 bits per heavy atom. The number of ether oxygens (including phenoxy) is 2. The molecule has 6 heteroatoms. The number of likely N-dealkylation sites (tertiary alicyclic amines) is 1. The summed E-state index contributed by atoms with van der Waals surface area (Å²) in [7, 11) is 1.36. The van der Waals surface area contributed by atoms with E-state index in [0.29, 0.717) is 32.7 Å². The van der Waals surface area contributed by atoms with E-state index in [1.165, 1.54) is 12.7 Å². The van der Waals surface area contributed by atoms with Gasteiger partial charge in [0, 0.05) is 31.7 Å². The molecule has 0 aromatic heterocycles. The lowest BCUT2D eigenvalue weighted by Crippen LogP contribution is -2.54. The largest absolute Gasteiger partial charge is 0.453 e. The fourth-order valence-corrected chi connectivity index (χ4v) is 4.04. The van der Waals surface area contributed by atoms with Crippen molar-refractivity contribution in [1.29, 1.82) is 0 Å². The van der Waals surface area contributed by atoms with E-state index >= 15 is 0 Å². The van der Waals surface area contributed by atoms with Crippen LogP contribution in [0.2, 0.25) is 0 Å². The van der Waals surface area contributed by atoms with Crippen LogP contribution in [0.4, 0.5) is 4.79 Å². The second-order valence-electron chi connectivity index (χ2n) is 7.15. The number of carbonyl (C=O) groups excluding carboxylic acids is 2. The number of nitrogens with one attached hydrogen (secondary N) is 1. The number of hydrogen-bond acceptors (Lipinski definition) is 4. The van der Waals surface area contributed by atoms with Gasteiger partial charge in [-0.1, -0.05) is 30.3 Å². The number of hydrogen-bond donors (Lipinski definition) is 1. The van der Waals surface area contributed by atoms with Crippen LogP contribution < -0.4 is 5.32 Å². The lowest BCUT2D eigenvalue weighted by atomic mass is 9.74. The Balaban J connectivity index is 1.70. The van der Waals surface area contributed by atoms with Crippen LogP contribution >= 0.6 is 0 Å². The van der Waals surface area contributed by atoms with Crippen LogP contribution in [0.3, 0.4) is 0 Å². The van der Waals surface area contributed by atoms with Gasteiger partial charge in [0.2, 0.25) is 5.91 Å². The third-order valence-electron chi connectivity index (χ3n) is 5.65. The van der Waals surface area contributed by atoms with Crippen LogP contribution in [0.25, 0.3) is 0 Å². The molecule has 2 heterocycles. The average molecular weight is 360 g/mol. The van der Waals surface area contributed by atoms with Crippen LogP contribution in [0.5, 0.6) is 0 Å². The lowest BCUT2D eigenvalue weighted by molar-refractivity contribution is -0.127. The van der Waals surface area contributed by atoms with Gasteiger partial charge in [-0.3, -0.25) is 9.69 Å². The standard InChI is InChI=1S/C20H28N2O4/c1-25-19(24)22-12-6-5-9-17(22)18(23)21-15-20(10-13-26-14-11-20)16-7-3-2-4-8-16/h2-4,7-8,17H,5-6,9-15H2,1H3,(H,21,23)/t17-/m0/s1. The Bertz CT molecular complexity index is 613. The minimum atomic E-state index is -0.441. The summed E-state index contributed by atoms with van der Waals surface area (Å²) in [5.41, 5.74) is 1.12. The van der Waals surface area contributed by atoms with Crippen molar-refractivity contribution in [2.24, 2.45) is 0 Å². The number of methoxy groups -OCH3 is 1. The normalized spacial score (nSPS) is 22.5. The van der Waals surface area contributed by atoms with E-state index in [4.69, 9.17) is 9.47 Å². The van der Waals surface area contributed by atoms with Crippen LogP contribution in [-0.2, 0) is 19.7 Å². The zero-order valence-electron chi connectivity index (χ0n) is 15.4. The predicted octanol–water partition coefficient (Wildman–Crippen LogP) is 2.47. The second kappa shape index (κ2) is 8.54. The van der Waals surface area contributed by atoms with Gasteiger partial charge in [0.1, 0.15) is 6.04 Å². The summed E-state index contributed by atoms with van der Waals surface area (Å²) in [6.07, 6.45) is 3.87. The molecule has 142 valence electrons. The molecule has 2 saturated heterocycles. The van der Waals surface area contributed by atoms with Crippen LogP contribution in [0, 0.1) is 0 Å². The number of rotatable bonds is 4. The van der Waals surface area contributed by atoms with E-state index in [9.17, 15) is 9.59 Å². The van der Waals surface area contributed by atoms with Crippen molar-refractivity contribution in [3.05, 3.63) is 35.9 Å². The molecule has 0 bridgehead atoms. The molecule has 0 saturated carbocycles. The van der Waals surface area contributed by atoms with Crippen molar-refractivity contribution in [2.45, 2.75) is 43.6 Å². The summed E-state index contributed by atoms with van der Waals surface area (Å²) in [5, 5.41) is 3.13. The fourth-order valence-electron chi connectivity index (χ4n) is 4.04. The number of nitrogens with zero attached hydrogens (tertiary/aromatic N) is 1. The minimum absolute atomic E-state index is 0.0862. The molecule has 0 aliphatic carbocycles. The fraction of sp³-hybridized carbons (Fsp3) is 0.600. The molecule has 2 amide bonds. The number of amides is 2. The van der Waals surface area contributed by atoms with Gasteiger partial charge in [-0.05, 0) is 37.7 Å². The van der Waals surface area contributed by atoms with Gasteiger partial charge < -0.3 is 14.8 Å². The van der Waals surface area contributed by atoms with E-state index in [1.807, 2.05) is 18.2 Å². The topological polar surface area (TPSA) is 67.9 Å².